The smallest absolute Gasteiger partial charge is 0.114 e. The molecule has 1 saturated heterocycles. The van der Waals surface area contributed by atoms with Gasteiger partial charge in [0.05, 0.1) is 39.1 Å². The van der Waals surface area contributed by atoms with Crippen LogP contribution in [-0.2, 0) is 38.8 Å². The van der Waals surface area contributed by atoms with Crippen LogP contribution in [0.25, 0.3) is 0 Å². The lowest BCUT2D eigenvalue weighted by Gasteiger charge is -2.44. The Morgan fingerprint density at radius 3 is 1.65 bits per heavy atom. The summed E-state index contributed by atoms with van der Waals surface area (Å²) in [7, 11) is 4.13. The van der Waals surface area contributed by atoms with Crippen molar-refractivity contribution in [3.05, 3.63) is 108 Å². The molecule has 5 nitrogen and oxygen atoms in total. The van der Waals surface area contributed by atoms with Crippen LogP contribution in [0.2, 0.25) is 0 Å². The summed E-state index contributed by atoms with van der Waals surface area (Å²) in [5, 5.41) is 0. The second kappa shape index (κ2) is 12.8. The summed E-state index contributed by atoms with van der Waals surface area (Å²) in [5.41, 5.74) is 3.41. The summed E-state index contributed by atoms with van der Waals surface area (Å²) < 4.78 is 25.4. The predicted molar refractivity (Wildman–Crippen MR) is 133 cm³/mol. The SMILES string of the molecule is CN(C)[C@H]1CO[C@H](COCc2ccccc2)[C@@H](OCc2ccccc2)[C@@H]1OCc1ccccc1. The van der Waals surface area contributed by atoms with Gasteiger partial charge in [-0.2, -0.15) is 0 Å². The molecule has 3 aromatic carbocycles. The average Bonchev–Trinajstić information content (AvgIpc) is 2.88. The van der Waals surface area contributed by atoms with Gasteiger partial charge in [0.15, 0.2) is 0 Å². The lowest BCUT2D eigenvalue weighted by molar-refractivity contribution is -0.220. The van der Waals surface area contributed by atoms with Crippen LogP contribution < -0.4 is 0 Å². The lowest BCUT2D eigenvalue weighted by Crippen LogP contribution is -2.60. The Labute approximate surface area is 203 Å². The molecule has 1 heterocycles. The number of hydrogen-bond donors (Lipinski definition) is 0. The van der Waals surface area contributed by atoms with Crippen LogP contribution >= 0.6 is 0 Å². The number of nitrogens with zero attached hydrogens (tertiary/aromatic N) is 1. The minimum absolute atomic E-state index is 0.0786. The van der Waals surface area contributed by atoms with Crippen LogP contribution in [0, 0.1) is 0 Å². The minimum atomic E-state index is -0.263. The van der Waals surface area contributed by atoms with E-state index in [4.69, 9.17) is 18.9 Å². The van der Waals surface area contributed by atoms with Crippen LogP contribution in [0.1, 0.15) is 16.7 Å². The molecule has 0 bridgehead atoms. The van der Waals surface area contributed by atoms with Crippen molar-refractivity contribution in [3.8, 4) is 0 Å². The fourth-order valence-corrected chi connectivity index (χ4v) is 4.24. The van der Waals surface area contributed by atoms with E-state index in [-0.39, 0.29) is 24.4 Å². The average molecular weight is 462 g/mol. The highest BCUT2D eigenvalue weighted by atomic mass is 16.6. The summed E-state index contributed by atoms with van der Waals surface area (Å²) in [6.07, 6.45) is -0.636. The van der Waals surface area contributed by atoms with E-state index in [1.165, 1.54) is 0 Å². The van der Waals surface area contributed by atoms with Crippen molar-refractivity contribution in [2.75, 3.05) is 27.3 Å². The molecule has 0 radical (unpaired) electrons. The summed E-state index contributed by atoms with van der Waals surface area (Å²) in [6.45, 7) is 2.57. The summed E-state index contributed by atoms with van der Waals surface area (Å²) in [5.74, 6) is 0. The largest absolute Gasteiger partial charge is 0.374 e. The van der Waals surface area contributed by atoms with Crippen LogP contribution in [-0.4, -0.2) is 56.6 Å². The quantitative estimate of drug-likeness (QED) is 0.414. The van der Waals surface area contributed by atoms with Gasteiger partial charge in [0.1, 0.15) is 18.3 Å². The second-order valence-corrected chi connectivity index (χ2v) is 8.93. The van der Waals surface area contributed by atoms with Gasteiger partial charge in [-0.25, -0.2) is 0 Å². The van der Waals surface area contributed by atoms with Crippen molar-refractivity contribution in [2.45, 2.75) is 44.2 Å². The molecule has 1 aliphatic heterocycles. The van der Waals surface area contributed by atoms with Gasteiger partial charge >= 0.3 is 0 Å². The third-order valence-electron chi connectivity index (χ3n) is 6.18. The van der Waals surface area contributed by atoms with E-state index in [2.05, 4.69) is 55.4 Å². The van der Waals surface area contributed by atoms with E-state index < -0.39 is 0 Å². The van der Waals surface area contributed by atoms with Gasteiger partial charge in [-0.15, -0.1) is 0 Å². The fraction of sp³-hybridized carbons (Fsp3) is 0.379. The zero-order valence-electron chi connectivity index (χ0n) is 20.1. The molecule has 1 aliphatic rings. The fourth-order valence-electron chi connectivity index (χ4n) is 4.24. The maximum Gasteiger partial charge on any atom is 0.114 e. The van der Waals surface area contributed by atoms with Gasteiger partial charge in [-0.3, -0.25) is 0 Å². The second-order valence-electron chi connectivity index (χ2n) is 8.93. The minimum Gasteiger partial charge on any atom is -0.374 e. The van der Waals surface area contributed by atoms with Crippen molar-refractivity contribution in [2.24, 2.45) is 0 Å². The van der Waals surface area contributed by atoms with E-state index in [0.717, 1.165) is 16.7 Å². The maximum absolute atomic E-state index is 6.54. The zero-order valence-corrected chi connectivity index (χ0v) is 20.1. The molecule has 0 spiro atoms. The van der Waals surface area contributed by atoms with Crippen molar-refractivity contribution in [1.29, 1.82) is 0 Å². The maximum atomic E-state index is 6.54. The van der Waals surface area contributed by atoms with Gasteiger partial charge in [-0.1, -0.05) is 91.0 Å². The van der Waals surface area contributed by atoms with Crippen molar-refractivity contribution in [3.63, 3.8) is 0 Å². The third kappa shape index (κ3) is 6.98. The molecule has 0 aliphatic carbocycles. The Morgan fingerprint density at radius 1 is 0.676 bits per heavy atom. The van der Waals surface area contributed by atoms with Crippen molar-refractivity contribution < 1.29 is 18.9 Å². The molecular weight excluding hydrogens is 426 g/mol. The first-order chi connectivity index (χ1) is 16.7. The number of rotatable bonds is 11. The predicted octanol–water partition coefficient (Wildman–Crippen LogP) is 4.70. The van der Waals surface area contributed by atoms with Crippen molar-refractivity contribution >= 4 is 0 Å². The van der Waals surface area contributed by atoms with Gasteiger partial charge in [-0.05, 0) is 30.8 Å². The Kier molecular flexibility index (Phi) is 9.25. The summed E-state index contributed by atoms with van der Waals surface area (Å²) in [4.78, 5) is 2.16. The first-order valence-corrected chi connectivity index (χ1v) is 11.9. The Balaban J connectivity index is 1.48. The molecule has 34 heavy (non-hydrogen) atoms. The van der Waals surface area contributed by atoms with E-state index >= 15 is 0 Å². The highest BCUT2D eigenvalue weighted by molar-refractivity contribution is 5.15. The summed E-state index contributed by atoms with van der Waals surface area (Å²) in [6, 6.07) is 30.8. The van der Waals surface area contributed by atoms with E-state index in [9.17, 15) is 0 Å². The lowest BCUT2D eigenvalue weighted by atomic mass is 9.96. The summed E-state index contributed by atoms with van der Waals surface area (Å²) >= 11 is 0. The van der Waals surface area contributed by atoms with Crippen LogP contribution in [0.5, 0.6) is 0 Å². The Hall–Kier alpha value is -2.54. The molecule has 0 saturated carbocycles. The van der Waals surface area contributed by atoms with E-state index in [1.807, 2.05) is 54.6 Å². The van der Waals surface area contributed by atoms with Crippen LogP contribution in [0.4, 0.5) is 0 Å². The molecule has 180 valence electrons. The first kappa shape index (κ1) is 24.6. The number of benzene rings is 3. The Bertz CT molecular complexity index is 952. The third-order valence-corrected chi connectivity index (χ3v) is 6.18. The molecule has 0 amide bonds. The van der Waals surface area contributed by atoms with Crippen LogP contribution in [0.3, 0.4) is 0 Å². The normalized spacial score (nSPS) is 22.7. The molecule has 4 atom stereocenters. The van der Waals surface area contributed by atoms with E-state index in [0.29, 0.717) is 33.0 Å². The first-order valence-electron chi connectivity index (χ1n) is 11.9. The standard InChI is InChI=1S/C29H35NO4/c1-30(2)26-21-32-27(22-31-18-23-12-6-3-7-13-23)29(34-20-25-16-10-5-11-17-25)28(26)33-19-24-14-8-4-9-15-24/h3-17,26-29H,18-22H2,1-2H3/t26-,27+,28+,29+/m0/s1. The molecule has 1 fully saturated rings. The zero-order chi connectivity index (χ0) is 23.6. The van der Waals surface area contributed by atoms with Gasteiger partial charge < -0.3 is 23.8 Å². The topological polar surface area (TPSA) is 40.2 Å². The monoisotopic (exact) mass is 461 g/mol. The molecule has 5 heteroatoms. The van der Waals surface area contributed by atoms with Gasteiger partial charge in [0, 0.05) is 0 Å². The molecular formula is C29H35NO4. The number of likely N-dealkylation sites (N-methyl/N-ethyl adjacent to an activating group) is 1. The molecule has 3 aromatic rings. The number of ether oxygens (including phenoxy) is 4. The molecule has 0 N–H and O–H groups in total. The highest BCUT2D eigenvalue weighted by Crippen LogP contribution is 2.26. The molecule has 0 unspecified atom stereocenters. The van der Waals surface area contributed by atoms with Gasteiger partial charge in [0.25, 0.3) is 0 Å². The van der Waals surface area contributed by atoms with Crippen LogP contribution in [0.15, 0.2) is 91.0 Å². The highest BCUT2D eigenvalue weighted by Gasteiger charge is 2.43. The van der Waals surface area contributed by atoms with Crippen molar-refractivity contribution in [1.82, 2.24) is 4.90 Å². The van der Waals surface area contributed by atoms with E-state index in [1.54, 1.807) is 0 Å². The Morgan fingerprint density at radius 2 is 1.15 bits per heavy atom. The molecule has 4 rings (SSSR count). The molecule has 0 aromatic heterocycles. The van der Waals surface area contributed by atoms with Gasteiger partial charge in [0.2, 0.25) is 0 Å². The number of hydrogen-bond acceptors (Lipinski definition) is 5.